The van der Waals surface area contributed by atoms with Crippen molar-refractivity contribution in [1.29, 1.82) is 0 Å². The van der Waals surface area contributed by atoms with E-state index in [0.29, 0.717) is 12.2 Å². The molecule has 0 aliphatic heterocycles. The van der Waals surface area contributed by atoms with E-state index in [4.69, 9.17) is 5.11 Å². The molecule has 1 N–H and O–H groups in total. The Morgan fingerprint density at radius 2 is 2.17 bits per heavy atom. The van der Waals surface area contributed by atoms with Crippen LogP contribution < -0.4 is 0 Å². The fourth-order valence-corrected chi connectivity index (χ4v) is 3.97. The Bertz CT molecular complexity index is 517. The van der Waals surface area contributed by atoms with Gasteiger partial charge in [-0.2, -0.15) is 4.31 Å². The number of hydrogen-bond donors (Lipinski definition) is 1. The highest BCUT2D eigenvalue weighted by molar-refractivity contribution is 7.89. The minimum Gasteiger partial charge on any atom is -0.390 e. The molecule has 0 unspecified atom stereocenters. The molecule has 2 rings (SSSR count). The van der Waals surface area contributed by atoms with Crippen LogP contribution in [0.1, 0.15) is 31.9 Å². The molecule has 1 heterocycles. The second-order valence-electron chi connectivity index (χ2n) is 4.78. The number of rotatable bonds is 6. The molecular formula is C12H20N2O3S. The zero-order valence-electron chi connectivity index (χ0n) is 10.8. The van der Waals surface area contributed by atoms with Crippen molar-refractivity contribution in [3.8, 4) is 0 Å². The van der Waals surface area contributed by atoms with Crippen LogP contribution in [0.3, 0.4) is 0 Å². The first kappa shape index (κ1) is 13.6. The normalized spacial score (nSPS) is 16.4. The van der Waals surface area contributed by atoms with Crippen LogP contribution in [0.25, 0.3) is 0 Å². The van der Waals surface area contributed by atoms with Crippen LogP contribution >= 0.6 is 0 Å². The van der Waals surface area contributed by atoms with Gasteiger partial charge in [0.25, 0.3) is 0 Å². The summed E-state index contributed by atoms with van der Waals surface area (Å²) in [5.74, 6) is 0. The van der Waals surface area contributed by atoms with Gasteiger partial charge in [-0.15, -0.1) is 0 Å². The lowest BCUT2D eigenvalue weighted by Gasteiger charge is -2.20. The molecule has 1 saturated carbocycles. The van der Waals surface area contributed by atoms with E-state index in [1.54, 1.807) is 28.2 Å². The van der Waals surface area contributed by atoms with Crippen molar-refractivity contribution in [3.63, 3.8) is 0 Å². The van der Waals surface area contributed by atoms with Crippen LogP contribution in [0.2, 0.25) is 0 Å². The number of nitrogens with zero attached hydrogens (tertiary/aromatic N) is 2. The van der Waals surface area contributed by atoms with Crippen molar-refractivity contribution in [2.45, 2.75) is 43.7 Å². The summed E-state index contributed by atoms with van der Waals surface area (Å²) in [5.41, 5.74) is 0.612. The van der Waals surface area contributed by atoms with E-state index in [9.17, 15) is 8.42 Å². The van der Waals surface area contributed by atoms with Gasteiger partial charge in [-0.1, -0.05) is 6.92 Å². The molecule has 0 bridgehead atoms. The maximum absolute atomic E-state index is 12.5. The first-order valence-corrected chi connectivity index (χ1v) is 7.72. The van der Waals surface area contributed by atoms with E-state index < -0.39 is 10.0 Å². The Morgan fingerprint density at radius 3 is 2.61 bits per heavy atom. The molecule has 0 radical (unpaired) electrons. The van der Waals surface area contributed by atoms with Crippen LogP contribution in [-0.2, 0) is 23.7 Å². The molecule has 0 atom stereocenters. The van der Waals surface area contributed by atoms with Gasteiger partial charge in [0.05, 0.1) is 6.61 Å². The molecule has 1 aromatic heterocycles. The van der Waals surface area contributed by atoms with Crippen molar-refractivity contribution in [3.05, 3.63) is 18.0 Å². The summed E-state index contributed by atoms with van der Waals surface area (Å²) in [6.45, 7) is 2.40. The molecule has 102 valence electrons. The molecule has 6 heteroatoms. The molecule has 18 heavy (non-hydrogen) atoms. The lowest BCUT2D eigenvalue weighted by Crippen LogP contribution is -2.33. The van der Waals surface area contributed by atoms with Crippen LogP contribution in [0.5, 0.6) is 0 Å². The van der Waals surface area contributed by atoms with Gasteiger partial charge in [-0.3, -0.25) is 0 Å². The van der Waals surface area contributed by atoms with Gasteiger partial charge in [-0.25, -0.2) is 8.42 Å². The van der Waals surface area contributed by atoms with Gasteiger partial charge in [0, 0.05) is 31.5 Å². The molecule has 1 aromatic rings. The van der Waals surface area contributed by atoms with Crippen molar-refractivity contribution < 1.29 is 13.5 Å². The largest absolute Gasteiger partial charge is 0.390 e. The predicted octanol–water partition coefficient (Wildman–Crippen LogP) is 1.08. The Balaban J connectivity index is 2.33. The first-order valence-electron chi connectivity index (χ1n) is 6.28. The summed E-state index contributed by atoms with van der Waals surface area (Å²) >= 11 is 0. The third-order valence-electron chi connectivity index (χ3n) is 3.25. The first-order chi connectivity index (χ1) is 8.50. The summed E-state index contributed by atoms with van der Waals surface area (Å²) in [4.78, 5) is 0.286. The fourth-order valence-electron chi connectivity index (χ4n) is 2.09. The number of aliphatic hydroxyl groups excluding tert-OH is 1. The fraction of sp³-hybridized carbons (Fsp3) is 0.667. The van der Waals surface area contributed by atoms with Crippen molar-refractivity contribution >= 4 is 10.0 Å². The highest BCUT2D eigenvalue weighted by atomic mass is 32.2. The van der Waals surface area contributed by atoms with E-state index >= 15 is 0 Å². The van der Waals surface area contributed by atoms with Gasteiger partial charge < -0.3 is 9.67 Å². The van der Waals surface area contributed by atoms with Crippen LogP contribution in [0, 0.1) is 0 Å². The zero-order valence-corrected chi connectivity index (χ0v) is 11.7. The summed E-state index contributed by atoms with van der Waals surface area (Å²) in [5, 5.41) is 9.13. The lowest BCUT2D eigenvalue weighted by molar-refractivity contribution is 0.272. The van der Waals surface area contributed by atoms with E-state index in [2.05, 4.69) is 0 Å². The molecule has 1 aliphatic carbocycles. The van der Waals surface area contributed by atoms with E-state index in [0.717, 1.165) is 19.3 Å². The lowest BCUT2D eigenvalue weighted by atomic mass is 10.4. The molecular weight excluding hydrogens is 252 g/mol. The Labute approximate surface area is 108 Å². The smallest absolute Gasteiger partial charge is 0.244 e. The number of aromatic nitrogens is 1. The molecule has 0 saturated heterocycles. The monoisotopic (exact) mass is 272 g/mol. The SMILES string of the molecule is CCCN(C1CC1)S(=O)(=O)c1cc(CO)n(C)c1. The number of aliphatic hydroxyl groups is 1. The van der Waals surface area contributed by atoms with Crippen molar-refractivity contribution in [2.75, 3.05) is 6.54 Å². The number of aryl methyl sites for hydroxylation is 1. The maximum Gasteiger partial charge on any atom is 0.244 e. The average Bonchev–Trinajstić information content (AvgIpc) is 3.08. The molecule has 0 spiro atoms. The molecule has 1 fully saturated rings. The van der Waals surface area contributed by atoms with Crippen molar-refractivity contribution in [2.24, 2.45) is 7.05 Å². The zero-order chi connectivity index (χ0) is 13.3. The van der Waals surface area contributed by atoms with Gasteiger partial charge in [0.15, 0.2) is 0 Å². The minimum atomic E-state index is -3.41. The van der Waals surface area contributed by atoms with Gasteiger partial charge in [-0.05, 0) is 25.3 Å². The number of sulfonamides is 1. The van der Waals surface area contributed by atoms with Gasteiger partial charge in [0.2, 0.25) is 10.0 Å². The molecule has 0 amide bonds. The Kier molecular flexibility index (Phi) is 3.79. The molecule has 0 aromatic carbocycles. The predicted molar refractivity (Wildman–Crippen MR) is 68.5 cm³/mol. The molecule has 5 nitrogen and oxygen atoms in total. The minimum absolute atomic E-state index is 0.150. The molecule has 1 aliphatic rings. The van der Waals surface area contributed by atoms with E-state index in [-0.39, 0.29) is 17.5 Å². The summed E-state index contributed by atoms with van der Waals surface area (Å²) in [7, 11) is -1.67. The highest BCUT2D eigenvalue weighted by Gasteiger charge is 2.37. The summed E-state index contributed by atoms with van der Waals surface area (Å²) < 4.78 is 28.3. The third-order valence-corrected chi connectivity index (χ3v) is 5.17. The quantitative estimate of drug-likeness (QED) is 0.843. The van der Waals surface area contributed by atoms with Gasteiger partial charge in [0.1, 0.15) is 4.90 Å². The van der Waals surface area contributed by atoms with Crippen LogP contribution in [-0.4, -0.2) is 35.0 Å². The standard InChI is InChI=1S/C12H20N2O3S/c1-3-6-14(10-4-5-10)18(16,17)12-7-11(9-15)13(2)8-12/h7-8,10,15H,3-6,9H2,1-2H3. The van der Waals surface area contributed by atoms with E-state index in [1.165, 1.54) is 0 Å². The van der Waals surface area contributed by atoms with Gasteiger partial charge >= 0.3 is 0 Å². The third kappa shape index (κ3) is 2.46. The second-order valence-corrected chi connectivity index (χ2v) is 6.67. The average molecular weight is 272 g/mol. The Morgan fingerprint density at radius 1 is 1.50 bits per heavy atom. The second kappa shape index (κ2) is 5.03. The van der Waals surface area contributed by atoms with E-state index in [1.807, 2.05) is 6.92 Å². The Hall–Kier alpha value is -0.850. The summed E-state index contributed by atoms with van der Waals surface area (Å²) in [6.07, 6.45) is 4.30. The van der Waals surface area contributed by atoms with Crippen LogP contribution in [0.15, 0.2) is 17.2 Å². The van der Waals surface area contributed by atoms with Crippen molar-refractivity contribution in [1.82, 2.24) is 8.87 Å². The topological polar surface area (TPSA) is 62.5 Å². The number of hydrogen-bond acceptors (Lipinski definition) is 3. The maximum atomic E-state index is 12.5. The van der Waals surface area contributed by atoms with Crippen LogP contribution in [0.4, 0.5) is 0 Å². The summed E-state index contributed by atoms with van der Waals surface area (Å²) in [6, 6.07) is 1.73. The highest BCUT2D eigenvalue weighted by Crippen LogP contribution is 2.32.